The quantitative estimate of drug-likeness (QED) is 0.643. The molecule has 0 spiro atoms. The van der Waals surface area contributed by atoms with Crippen molar-refractivity contribution in [3.05, 3.63) is 18.0 Å². The predicted octanol–water partition coefficient (Wildman–Crippen LogP) is 0.343. The predicted molar refractivity (Wildman–Crippen MR) is 38.6 cm³/mol. The molecule has 0 aliphatic rings. The molecule has 0 aliphatic carbocycles. The second kappa shape index (κ2) is 2.84. The van der Waals surface area contributed by atoms with Crippen LogP contribution in [0.4, 0.5) is 0 Å². The van der Waals surface area contributed by atoms with E-state index < -0.39 is 0 Å². The number of aliphatic hydroxyl groups is 1. The van der Waals surface area contributed by atoms with Crippen molar-refractivity contribution in [1.82, 2.24) is 9.78 Å². The van der Waals surface area contributed by atoms with Gasteiger partial charge in [-0.3, -0.25) is 4.68 Å². The monoisotopic (exact) mass is 140 g/mol. The van der Waals surface area contributed by atoms with Gasteiger partial charge in [-0.25, -0.2) is 0 Å². The summed E-state index contributed by atoms with van der Waals surface area (Å²) in [5.74, 6) is 0. The first-order valence-electron chi connectivity index (χ1n) is 3.34. The van der Waals surface area contributed by atoms with Crippen LogP contribution in [0.15, 0.2) is 12.4 Å². The minimum absolute atomic E-state index is 0.274. The molecule has 0 aliphatic heterocycles. The SMILES string of the molecule is CC(O)Cc1cnn(C)c1. The molecule has 1 heterocycles. The Morgan fingerprint density at radius 3 is 2.90 bits per heavy atom. The van der Waals surface area contributed by atoms with Crippen molar-refractivity contribution >= 4 is 0 Å². The molecule has 0 amide bonds. The van der Waals surface area contributed by atoms with Gasteiger partial charge in [-0.15, -0.1) is 0 Å². The minimum Gasteiger partial charge on any atom is -0.393 e. The van der Waals surface area contributed by atoms with Gasteiger partial charge in [0, 0.05) is 19.7 Å². The molecule has 1 unspecified atom stereocenters. The van der Waals surface area contributed by atoms with Crippen molar-refractivity contribution in [2.24, 2.45) is 7.05 Å². The van der Waals surface area contributed by atoms with Crippen LogP contribution in [0.2, 0.25) is 0 Å². The van der Waals surface area contributed by atoms with E-state index in [0.717, 1.165) is 5.56 Å². The fraction of sp³-hybridized carbons (Fsp3) is 0.571. The van der Waals surface area contributed by atoms with Crippen molar-refractivity contribution in [1.29, 1.82) is 0 Å². The van der Waals surface area contributed by atoms with E-state index in [2.05, 4.69) is 5.10 Å². The van der Waals surface area contributed by atoms with Crippen molar-refractivity contribution in [3.63, 3.8) is 0 Å². The number of aromatic nitrogens is 2. The summed E-state index contributed by atoms with van der Waals surface area (Å²) in [5.41, 5.74) is 1.08. The van der Waals surface area contributed by atoms with E-state index in [1.54, 1.807) is 17.8 Å². The topological polar surface area (TPSA) is 38.1 Å². The maximum absolute atomic E-state index is 8.98. The standard InChI is InChI=1S/C7H12N2O/c1-6(10)3-7-4-8-9(2)5-7/h4-6,10H,3H2,1-2H3. The van der Waals surface area contributed by atoms with Crippen molar-refractivity contribution in [2.75, 3.05) is 0 Å². The van der Waals surface area contributed by atoms with Gasteiger partial charge in [-0.2, -0.15) is 5.10 Å². The molecule has 3 nitrogen and oxygen atoms in total. The second-order valence-corrected chi connectivity index (χ2v) is 2.58. The molecule has 0 saturated heterocycles. The van der Waals surface area contributed by atoms with Crippen LogP contribution >= 0.6 is 0 Å². The maximum atomic E-state index is 8.98. The molecule has 10 heavy (non-hydrogen) atoms. The summed E-state index contributed by atoms with van der Waals surface area (Å²) in [6, 6.07) is 0. The third-order valence-electron chi connectivity index (χ3n) is 1.29. The van der Waals surface area contributed by atoms with Gasteiger partial charge in [-0.1, -0.05) is 0 Å². The molecule has 3 heteroatoms. The highest BCUT2D eigenvalue weighted by Crippen LogP contribution is 1.99. The Morgan fingerprint density at radius 1 is 1.80 bits per heavy atom. The number of rotatable bonds is 2. The van der Waals surface area contributed by atoms with Crippen LogP contribution in [0.25, 0.3) is 0 Å². The normalized spacial score (nSPS) is 13.5. The number of hydrogen-bond donors (Lipinski definition) is 1. The highest BCUT2D eigenvalue weighted by molar-refractivity contribution is 5.04. The maximum Gasteiger partial charge on any atom is 0.0553 e. The number of hydrogen-bond acceptors (Lipinski definition) is 2. The van der Waals surface area contributed by atoms with Gasteiger partial charge in [-0.05, 0) is 12.5 Å². The number of aryl methyl sites for hydroxylation is 1. The lowest BCUT2D eigenvalue weighted by Gasteiger charge is -1.98. The molecule has 1 rings (SSSR count). The van der Waals surface area contributed by atoms with E-state index in [4.69, 9.17) is 5.11 Å². The van der Waals surface area contributed by atoms with Crippen LogP contribution in [0.3, 0.4) is 0 Å². The Morgan fingerprint density at radius 2 is 2.50 bits per heavy atom. The summed E-state index contributed by atoms with van der Waals surface area (Å²) in [7, 11) is 1.87. The van der Waals surface area contributed by atoms with Crippen LogP contribution in [-0.4, -0.2) is 21.0 Å². The van der Waals surface area contributed by atoms with E-state index in [1.807, 2.05) is 13.2 Å². The van der Waals surface area contributed by atoms with E-state index >= 15 is 0 Å². The average Bonchev–Trinajstić information content (AvgIpc) is 2.13. The van der Waals surface area contributed by atoms with E-state index in [9.17, 15) is 0 Å². The molecular weight excluding hydrogens is 128 g/mol. The molecule has 0 saturated carbocycles. The van der Waals surface area contributed by atoms with Crippen molar-refractivity contribution in [2.45, 2.75) is 19.4 Å². The summed E-state index contributed by atoms with van der Waals surface area (Å²) < 4.78 is 1.73. The Balaban J connectivity index is 2.58. The summed E-state index contributed by atoms with van der Waals surface area (Å²) >= 11 is 0. The number of aliphatic hydroxyl groups excluding tert-OH is 1. The fourth-order valence-electron chi connectivity index (χ4n) is 0.918. The first-order chi connectivity index (χ1) is 4.68. The van der Waals surface area contributed by atoms with E-state index in [-0.39, 0.29) is 6.10 Å². The first-order valence-corrected chi connectivity index (χ1v) is 3.34. The summed E-state index contributed by atoms with van der Waals surface area (Å²) in [6.07, 6.45) is 4.09. The van der Waals surface area contributed by atoms with Crippen LogP contribution in [-0.2, 0) is 13.5 Å². The lowest BCUT2D eigenvalue weighted by atomic mass is 10.2. The molecule has 1 aromatic rings. The lowest BCUT2D eigenvalue weighted by molar-refractivity contribution is 0.195. The Kier molecular flexibility index (Phi) is 2.06. The highest BCUT2D eigenvalue weighted by atomic mass is 16.3. The van der Waals surface area contributed by atoms with Crippen LogP contribution < -0.4 is 0 Å². The molecule has 1 N–H and O–H groups in total. The molecule has 1 atom stereocenters. The van der Waals surface area contributed by atoms with Gasteiger partial charge in [0.05, 0.1) is 12.3 Å². The molecule has 0 radical (unpaired) electrons. The zero-order chi connectivity index (χ0) is 7.56. The largest absolute Gasteiger partial charge is 0.393 e. The van der Waals surface area contributed by atoms with Gasteiger partial charge in [0.2, 0.25) is 0 Å². The summed E-state index contributed by atoms with van der Waals surface area (Å²) in [6.45, 7) is 1.77. The zero-order valence-corrected chi connectivity index (χ0v) is 6.28. The Labute approximate surface area is 60.3 Å². The van der Waals surface area contributed by atoms with E-state index in [0.29, 0.717) is 6.42 Å². The molecular formula is C7H12N2O. The van der Waals surface area contributed by atoms with Gasteiger partial charge >= 0.3 is 0 Å². The fourth-order valence-corrected chi connectivity index (χ4v) is 0.918. The van der Waals surface area contributed by atoms with Gasteiger partial charge in [0.25, 0.3) is 0 Å². The molecule has 0 fully saturated rings. The first kappa shape index (κ1) is 7.28. The Bertz CT molecular complexity index is 205. The van der Waals surface area contributed by atoms with Crippen LogP contribution in [0.1, 0.15) is 12.5 Å². The lowest BCUT2D eigenvalue weighted by Crippen LogP contribution is -2.02. The van der Waals surface area contributed by atoms with Gasteiger partial charge in [0.1, 0.15) is 0 Å². The third-order valence-corrected chi connectivity index (χ3v) is 1.29. The van der Waals surface area contributed by atoms with Crippen LogP contribution in [0, 0.1) is 0 Å². The van der Waals surface area contributed by atoms with Gasteiger partial charge in [0.15, 0.2) is 0 Å². The molecule has 1 aromatic heterocycles. The second-order valence-electron chi connectivity index (χ2n) is 2.58. The van der Waals surface area contributed by atoms with Crippen molar-refractivity contribution < 1.29 is 5.11 Å². The third kappa shape index (κ3) is 1.84. The van der Waals surface area contributed by atoms with Crippen molar-refractivity contribution in [3.8, 4) is 0 Å². The highest BCUT2D eigenvalue weighted by Gasteiger charge is 1.99. The summed E-state index contributed by atoms with van der Waals surface area (Å²) in [4.78, 5) is 0. The smallest absolute Gasteiger partial charge is 0.0553 e. The summed E-state index contributed by atoms with van der Waals surface area (Å²) in [5, 5.41) is 13.0. The number of nitrogens with zero attached hydrogens (tertiary/aromatic N) is 2. The molecule has 0 aromatic carbocycles. The molecule has 0 bridgehead atoms. The average molecular weight is 140 g/mol. The van der Waals surface area contributed by atoms with E-state index in [1.165, 1.54) is 0 Å². The van der Waals surface area contributed by atoms with Gasteiger partial charge < -0.3 is 5.11 Å². The Hall–Kier alpha value is -0.830. The van der Waals surface area contributed by atoms with Crippen LogP contribution in [0.5, 0.6) is 0 Å². The zero-order valence-electron chi connectivity index (χ0n) is 6.28. The molecule has 56 valence electrons. The minimum atomic E-state index is -0.274.